The number of nitrogens with zero attached hydrogens (tertiary/aromatic N) is 1. The van der Waals surface area contributed by atoms with Gasteiger partial charge in [-0.3, -0.25) is 9.69 Å². The predicted octanol–water partition coefficient (Wildman–Crippen LogP) is 1.99. The second kappa shape index (κ2) is 5.26. The molecule has 1 fully saturated rings. The number of carbonyl (C=O) groups is 2. The van der Waals surface area contributed by atoms with Crippen molar-refractivity contribution in [2.24, 2.45) is 0 Å². The highest BCUT2D eigenvalue weighted by Crippen LogP contribution is 2.31. The van der Waals surface area contributed by atoms with Crippen LogP contribution in [0.2, 0.25) is 0 Å². The van der Waals surface area contributed by atoms with E-state index in [9.17, 15) is 9.59 Å². The van der Waals surface area contributed by atoms with Gasteiger partial charge in [-0.05, 0) is 40.5 Å². The van der Waals surface area contributed by atoms with Crippen LogP contribution in [-0.4, -0.2) is 48.2 Å². The first-order chi connectivity index (χ1) is 8.20. The molecule has 0 unspecified atom stereocenters. The molecule has 0 bridgehead atoms. The van der Waals surface area contributed by atoms with Gasteiger partial charge in [0, 0.05) is 13.7 Å². The van der Waals surface area contributed by atoms with Crippen LogP contribution in [0, 0.1) is 0 Å². The maximum Gasteiger partial charge on any atom is 0.411 e. The van der Waals surface area contributed by atoms with Crippen LogP contribution in [0.25, 0.3) is 0 Å². The zero-order valence-electron chi connectivity index (χ0n) is 11.9. The van der Waals surface area contributed by atoms with Crippen LogP contribution in [0.4, 0.5) is 4.79 Å². The number of likely N-dealkylation sites (tertiary alicyclic amines) is 1. The fourth-order valence-corrected chi connectivity index (χ4v) is 2.15. The van der Waals surface area contributed by atoms with Gasteiger partial charge in [-0.25, -0.2) is 4.79 Å². The van der Waals surface area contributed by atoms with Crippen molar-refractivity contribution in [1.82, 2.24) is 4.90 Å². The van der Waals surface area contributed by atoms with Crippen molar-refractivity contribution in [2.75, 3.05) is 20.3 Å². The van der Waals surface area contributed by atoms with E-state index in [1.807, 2.05) is 20.8 Å². The molecule has 0 saturated carbocycles. The van der Waals surface area contributed by atoms with E-state index in [4.69, 9.17) is 9.47 Å². The number of hydrogen-bond donors (Lipinski definition) is 0. The third-order valence-corrected chi connectivity index (χ3v) is 3.13. The summed E-state index contributed by atoms with van der Waals surface area (Å²) >= 11 is 0. The summed E-state index contributed by atoms with van der Waals surface area (Å²) in [6.45, 7) is 7.81. The zero-order valence-corrected chi connectivity index (χ0v) is 11.9. The third-order valence-electron chi connectivity index (χ3n) is 3.13. The van der Waals surface area contributed by atoms with Crippen molar-refractivity contribution in [2.45, 2.75) is 51.7 Å². The molecule has 0 spiro atoms. The smallest absolute Gasteiger partial charge is 0.411 e. The van der Waals surface area contributed by atoms with Crippen molar-refractivity contribution >= 4 is 11.9 Å². The van der Waals surface area contributed by atoms with Crippen LogP contribution in [0.1, 0.15) is 40.5 Å². The fraction of sp³-hybridized carbons (Fsp3) is 0.846. The van der Waals surface area contributed by atoms with Gasteiger partial charge in [-0.2, -0.15) is 0 Å². The molecule has 1 aliphatic rings. The second-order valence-electron chi connectivity index (χ2n) is 5.87. The molecule has 0 radical (unpaired) electrons. The molecule has 1 aliphatic heterocycles. The number of amides is 1. The molecule has 104 valence electrons. The SMILES string of the molecule is COCC(=O)[C@]1(C)CCCN1C(=O)OC(C)(C)C. The first-order valence-corrected chi connectivity index (χ1v) is 6.23. The molecule has 1 heterocycles. The lowest BCUT2D eigenvalue weighted by molar-refractivity contribution is -0.132. The Kier molecular flexibility index (Phi) is 4.37. The monoisotopic (exact) mass is 257 g/mol. The molecule has 1 atom stereocenters. The number of ether oxygens (including phenoxy) is 2. The van der Waals surface area contributed by atoms with Gasteiger partial charge in [0.25, 0.3) is 0 Å². The van der Waals surface area contributed by atoms with Crippen LogP contribution in [0.3, 0.4) is 0 Å². The van der Waals surface area contributed by atoms with E-state index in [1.54, 1.807) is 6.92 Å². The standard InChI is InChI=1S/C13H23NO4/c1-12(2,3)18-11(16)14-8-6-7-13(14,4)10(15)9-17-5/h6-9H2,1-5H3/t13-/m0/s1. The molecule has 1 amide bonds. The highest BCUT2D eigenvalue weighted by molar-refractivity contribution is 5.92. The largest absolute Gasteiger partial charge is 0.444 e. The lowest BCUT2D eigenvalue weighted by Gasteiger charge is -2.35. The maximum absolute atomic E-state index is 12.1. The van der Waals surface area contributed by atoms with Crippen molar-refractivity contribution in [1.29, 1.82) is 0 Å². The minimum absolute atomic E-state index is 0.0236. The zero-order chi connectivity index (χ0) is 14.0. The summed E-state index contributed by atoms with van der Waals surface area (Å²) in [5.74, 6) is -0.0756. The van der Waals surface area contributed by atoms with Gasteiger partial charge in [-0.1, -0.05) is 0 Å². The van der Waals surface area contributed by atoms with Crippen molar-refractivity contribution in [3.63, 3.8) is 0 Å². The Labute approximate surface area is 108 Å². The van der Waals surface area contributed by atoms with Crippen molar-refractivity contribution < 1.29 is 19.1 Å². The summed E-state index contributed by atoms with van der Waals surface area (Å²) < 4.78 is 10.2. The van der Waals surface area contributed by atoms with E-state index >= 15 is 0 Å². The Morgan fingerprint density at radius 1 is 1.33 bits per heavy atom. The fourth-order valence-electron chi connectivity index (χ4n) is 2.15. The average Bonchev–Trinajstić information content (AvgIpc) is 2.59. The maximum atomic E-state index is 12.1. The van der Waals surface area contributed by atoms with E-state index in [0.717, 1.165) is 6.42 Å². The Hall–Kier alpha value is -1.10. The average molecular weight is 257 g/mol. The first-order valence-electron chi connectivity index (χ1n) is 6.23. The normalized spacial score (nSPS) is 24.2. The molecular weight excluding hydrogens is 234 g/mol. The summed E-state index contributed by atoms with van der Waals surface area (Å²) in [5.41, 5.74) is -1.34. The topological polar surface area (TPSA) is 55.8 Å². The number of hydrogen-bond acceptors (Lipinski definition) is 4. The van der Waals surface area contributed by atoms with E-state index in [2.05, 4.69) is 0 Å². The van der Waals surface area contributed by atoms with Gasteiger partial charge < -0.3 is 9.47 Å². The summed E-state index contributed by atoms with van der Waals surface area (Å²) in [6.07, 6.45) is 1.05. The van der Waals surface area contributed by atoms with E-state index in [0.29, 0.717) is 13.0 Å². The number of Topliss-reactive ketones (excluding diaryl/α,β-unsaturated/α-hetero) is 1. The lowest BCUT2D eigenvalue weighted by atomic mass is 9.94. The summed E-state index contributed by atoms with van der Waals surface area (Å²) in [6, 6.07) is 0. The molecule has 5 heteroatoms. The number of rotatable bonds is 3. The molecule has 1 rings (SSSR count). The number of ketones is 1. The number of carbonyl (C=O) groups excluding carboxylic acids is 2. The van der Waals surface area contributed by atoms with Gasteiger partial charge >= 0.3 is 6.09 Å². The molecule has 5 nitrogen and oxygen atoms in total. The van der Waals surface area contributed by atoms with Crippen LogP contribution in [-0.2, 0) is 14.3 Å². The van der Waals surface area contributed by atoms with E-state index in [-0.39, 0.29) is 12.4 Å². The molecule has 0 aromatic carbocycles. The van der Waals surface area contributed by atoms with Crippen LogP contribution >= 0.6 is 0 Å². The molecule has 18 heavy (non-hydrogen) atoms. The van der Waals surface area contributed by atoms with Crippen LogP contribution in [0.5, 0.6) is 0 Å². The second-order valence-corrected chi connectivity index (χ2v) is 5.87. The van der Waals surface area contributed by atoms with Gasteiger partial charge in [-0.15, -0.1) is 0 Å². The van der Waals surface area contributed by atoms with E-state index < -0.39 is 17.2 Å². The number of methoxy groups -OCH3 is 1. The summed E-state index contributed by atoms with van der Waals surface area (Å²) in [7, 11) is 1.48. The van der Waals surface area contributed by atoms with Gasteiger partial charge in [0.1, 0.15) is 17.7 Å². The Morgan fingerprint density at radius 2 is 1.94 bits per heavy atom. The predicted molar refractivity (Wildman–Crippen MR) is 67.5 cm³/mol. The Bertz CT molecular complexity index is 334. The molecule has 1 saturated heterocycles. The molecular formula is C13H23NO4. The molecule has 0 aliphatic carbocycles. The van der Waals surface area contributed by atoms with Crippen molar-refractivity contribution in [3.8, 4) is 0 Å². The van der Waals surface area contributed by atoms with Crippen LogP contribution in [0.15, 0.2) is 0 Å². The minimum Gasteiger partial charge on any atom is -0.444 e. The minimum atomic E-state index is -0.793. The Morgan fingerprint density at radius 3 is 2.44 bits per heavy atom. The highest BCUT2D eigenvalue weighted by Gasteiger charge is 2.46. The van der Waals surface area contributed by atoms with Crippen LogP contribution < -0.4 is 0 Å². The quantitative estimate of drug-likeness (QED) is 0.776. The van der Waals surface area contributed by atoms with Crippen molar-refractivity contribution in [3.05, 3.63) is 0 Å². The van der Waals surface area contributed by atoms with E-state index in [1.165, 1.54) is 12.0 Å². The Balaban J connectivity index is 2.81. The third kappa shape index (κ3) is 3.22. The summed E-state index contributed by atoms with van der Waals surface area (Å²) in [5, 5.41) is 0. The molecule has 0 aromatic rings. The lowest BCUT2D eigenvalue weighted by Crippen LogP contribution is -2.53. The molecule has 0 aromatic heterocycles. The highest BCUT2D eigenvalue weighted by atomic mass is 16.6. The van der Waals surface area contributed by atoms with Gasteiger partial charge in [0.05, 0.1) is 0 Å². The van der Waals surface area contributed by atoms with Gasteiger partial charge in [0.2, 0.25) is 0 Å². The van der Waals surface area contributed by atoms with Gasteiger partial charge in [0.15, 0.2) is 5.78 Å². The molecule has 0 N–H and O–H groups in total. The summed E-state index contributed by atoms with van der Waals surface area (Å²) in [4.78, 5) is 25.7. The first kappa shape index (κ1) is 15.0.